The van der Waals surface area contributed by atoms with E-state index in [1.54, 1.807) is 12.4 Å². The molecular formula is C26H31N9O. The van der Waals surface area contributed by atoms with Crippen molar-refractivity contribution in [3.63, 3.8) is 0 Å². The number of nitrogens with one attached hydrogen (secondary N) is 4. The third-order valence-electron chi connectivity index (χ3n) is 7.20. The molecule has 2 aliphatic carbocycles. The molecule has 0 unspecified atom stereocenters. The van der Waals surface area contributed by atoms with Crippen molar-refractivity contribution in [3.05, 3.63) is 59.8 Å². The summed E-state index contributed by atoms with van der Waals surface area (Å²) in [7, 11) is 1.90. The van der Waals surface area contributed by atoms with Crippen LogP contribution in [0.2, 0.25) is 0 Å². The van der Waals surface area contributed by atoms with Crippen molar-refractivity contribution in [1.82, 2.24) is 40.6 Å². The van der Waals surface area contributed by atoms with Gasteiger partial charge < -0.3 is 16.0 Å². The molecule has 186 valence electrons. The highest BCUT2D eigenvalue weighted by Gasteiger charge is 2.26. The first kappa shape index (κ1) is 22.7. The van der Waals surface area contributed by atoms with Crippen LogP contribution in [0, 0.1) is 0 Å². The van der Waals surface area contributed by atoms with Gasteiger partial charge in [-0.2, -0.15) is 10.2 Å². The number of carbonyl (C=O) groups is 1. The lowest BCUT2D eigenvalue weighted by Gasteiger charge is -2.29. The number of hydrogen-bond donors (Lipinski definition) is 4. The van der Waals surface area contributed by atoms with E-state index in [1.165, 1.54) is 18.5 Å². The number of carbonyl (C=O) groups excluding carboxylic acids is 1. The third-order valence-corrected chi connectivity index (χ3v) is 7.20. The predicted octanol–water partition coefficient (Wildman–Crippen LogP) is 3.54. The minimum Gasteiger partial charge on any atom is -0.349 e. The van der Waals surface area contributed by atoms with E-state index in [-0.39, 0.29) is 11.9 Å². The number of anilines is 2. The molecule has 3 aromatic heterocycles. The molecule has 10 nitrogen and oxygen atoms in total. The smallest absolute Gasteiger partial charge is 0.251 e. The first-order valence-corrected chi connectivity index (χ1v) is 12.7. The molecule has 2 aliphatic rings. The summed E-state index contributed by atoms with van der Waals surface area (Å²) in [5.74, 6) is 2.90. The second kappa shape index (κ2) is 9.69. The lowest BCUT2D eigenvalue weighted by atomic mass is 9.91. The Kier molecular flexibility index (Phi) is 6.10. The first-order chi connectivity index (χ1) is 17.6. The highest BCUT2D eigenvalue weighted by atomic mass is 16.1. The Morgan fingerprint density at radius 2 is 1.89 bits per heavy atom. The normalized spacial score (nSPS) is 19.9. The van der Waals surface area contributed by atoms with Gasteiger partial charge in [0.25, 0.3) is 5.91 Å². The monoisotopic (exact) mass is 485 g/mol. The van der Waals surface area contributed by atoms with Crippen molar-refractivity contribution in [3.8, 4) is 0 Å². The Morgan fingerprint density at radius 1 is 1.06 bits per heavy atom. The largest absolute Gasteiger partial charge is 0.349 e. The van der Waals surface area contributed by atoms with E-state index in [0.29, 0.717) is 24.1 Å². The molecule has 0 saturated heterocycles. The second-order valence-electron chi connectivity index (χ2n) is 9.91. The van der Waals surface area contributed by atoms with Gasteiger partial charge in [0, 0.05) is 54.0 Å². The van der Waals surface area contributed by atoms with Crippen molar-refractivity contribution < 1.29 is 4.79 Å². The molecule has 4 aromatic rings. The molecule has 36 heavy (non-hydrogen) atoms. The standard InChI is InChI=1S/C26H31N9O/c1-35-22-9-4-17(12-18(22)14-29-35)26(36)30-20-7-5-19(6-8-20)28-15-25-27-11-10-23(32-25)31-24-13-21(33-34-24)16-2-3-16/h4,9-14,16,19-20,28H,2-3,5-8,15H2,1H3,(H,30,36)(H2,27,31,32,33,34). The van der Waals surface area contributed by atoms with Gasteiger partial charge in [-0.15, -0.1) is 0 Å². The van der Waals surface area contributed by atoms with Crippen molar-refractivity contribution in [2.45, 2.75) is 63.1 Å². The van der Waals surface area contributed by atoms with Crippen molar-refractivity contribution in [1.29, 1.82) is 0 Å². The number of aryl methyl sites for hydroxylation is 1. The maximum absolute atomic E-state index is 12.8. The zero-order valence-corrected chi connectivity index (χ0v) is 20.4. The van der Waals surface area contributed by atoms with Gasteiger partial charge in [0.15, 0.2) is 5.82 Å². The summed E-state index contributed by atoms with van der Waals surface area (Å²) in [6.45, 7) is 0.607. The molecule has 6 rings (SSSR count). The zero-order chi connectivity index (χ0) is 24.5. The topological polar surface area (TPSA) is 125 Å². The van der Waals surface area contributed by atoms with Gasteiger partial charge in [0.2, 0.25) is 0 Å². The number of aromatic nitrogens is 6. The number of rotatable bonds is 8. The van der Waals surface area contributed by atoms with Gasteiger partial charge in [-0.3, -0.25) is 14.6 Å². The van der Waals surface area contributed by atoms with Crippen molar-refractivity contribution >= 4 is 28.4 Å². The number of fused-ring (bicyclic) bond motifs is 1. The van der Waals surface area contributed by atoms with Gasteiger partial charge in [0.05, 0.1) is 18.3 Å². The van der Waals surface area contributed by atoms with Crippen LogP contribution in [0.25, 0.3) is 10.9 Å². The quantitative estimate of drug-likeness (QED) is 0.301. The van der Waals surface area contributed by atoms with E-state index in [1.807, 2.05) is 36.0 Å². The molecule has 3 heterocycles. The number of amides is 1. The van der Waals surface area contributed by atoms with E-state index in [9.17, 15) is 4.79 Å². The van der Waals surface area contributed by atoms with Crippen LogP contribution < -0.4 is 16.0 Å². The highest BCUT2D eigenvalue weighted by Crippen LogP contribution is 2.39. The molecule has 0 bridgehead atoms. The average molecular weight is 486 g/mol. The Balaban J connectivity index is 0.967. The number of aromatic amines is 1. The van der Waals surface area contributed by atoms with Gasteiger partial charge in [-0.05, 0) is 62.8 Å². The first-order valence-electron chi connectivity index (χ1n) is 12.7. The molecule has 1 aromatic carbocycles. The van der Waals surface area contributed by atoms with Crippen molar-refractivity contribution in [2.75, 3.05) is 5.32 Å². The lowest BCUT2D eigenvalue weighted by molar-refractivity contribution is 0.0924. The number of H-pyrrole nitrogens is 1. The minimum absolute atomic E-state index is 0.0176. The summed E-state index contributed by atoms with van der Waals surface area (Å²) in [6.07, 6.45) is 9.94. The SMILES string of the molecule is Cn1ncc2cc(C(=O)NC3CCC(NCc4nccc(Nc5cc(C6CC6)[nH]n5)n4)CC3)ccc21. The van der Waals surface area contributed by atoms with Crippen LogP contribution in [0.15, 0.2) is 42.7 Å². The molecule has 0 radical (unpaired) electrons. The Hall–Kier alpha value is -3.79. The Labute approximate surface area is 209 Å². The van der Waals surface area contributed by atoms with E-state index in [0.717, 1.165) is 54.0 Å². The Bertz CT molecular complexity index is 1360. The van der Waals surface area contributed by atoms with Crippen LogP contribution in [0.4, 0.5) is 11.6 Å². The minimum atomic E-state index is -0.0176. The van der Waals surface area contributed by atoms with Crippen LogP contribution >= 0.6 is 0 Å². The van der Waals surface area contributed by atoms with E-state index >= 15 is 0 Å². The highest BCUT2D eigenvalue weighted by molar-refractivity contribution is 5.98. The molecule has 10 heteroatoms. The van der Waals surface area contributed by atoms with E-state index in [2.05, 4.69) is 47.3 Å². The number of nitrogens with zero attached hydrogens (tertiary/aromatic N) is 5. The molecule has 0 atom stereocenters. The predicted molar refractivity (Wildman–Crippen MR) is 137 cm³/mol. The van der Waals surface area contributed by atoms with Crippen LogP contribution in [-0.4, -0.2) is 47.9 Å². The van der Waals surface area contributed by atoms with E-state index < -0.39 is 0 Å². The summed E-state index contributed by atoms with van der Waals surface area (Å²) < 4.78 is 1.81. The summed E-state index contributed by atoms with van der Waals surface area (Å²) in [5.41, 5.74) is 2.89. The summed E-state index contributed by atoms with van der Waals surface area (Å²) >= 11 is 0. The van der Waals surface area contributed by atoms with Crippen molar-refractivity contribution in [2.24, 2.45) is 7.05 Å². The number of hydrogen-bond acceptors (Lipinski definition) is 7. The van der Waals surface area contributed by atoms with Crippen LogP contribution in [-0.2, 0) is 13.6 Å². The number of benzene rings is 1. The van der Waals surface area contributed by atoms with Crippen LogP contribution in [0.1, 0.15) is 66.3 Å². The fraction of sp³-hybridized carbons (Fsp3) is 0.423. The summed E-state index contributed by atoms with van der Waals surface area (Å²) in [5, 5.41) is 22.7. The van der Waals surface area contributed by atoms with Gasteiger partial charge in [-0.1, -0.05) is 0 Å². The van der Waals surface area contributed by atoms with Crippen LogP contribution in [0.3, 0.4) is 0 Å². The lowest BCUT2D eigenvalue weighted by Crippen LogP contribution is -2.42. The summed E-state index contributed by atoms with van der Waals surface area (Å²) in [6, 6.07) is 10.2. The maximum Gasteiger partial charge on any atom is 0.251 e. The Morgan fingerprint density at radius 3 is 2.72 bits per heavy atom. The maximum atomic E-state index is 12.8. The molecule has 0 aliphatic heterocycles. The van der Waals surface area contributed by atoms with Crippen LogP contribution in [0.5, 0.6) is 0 Å². The fourth-order valence-electron chi connectivity index (χ4n) is 4.94. The average Bonchev–Trinajstić information content (AvgIpc) is 3.54. The van der Waals surface area contributed by atoms with E-state index in [4.69, 9.17) is 0 Å². The fourth-order valence-corrected chi connectivity index (χ4v) is 4.94. The van der Waals surface area contributed by atoms with Gasteiger partial charge >= 0.3 is 0 Å². The molecule has 4 N–H and O–H groups in total. The molecule has 2 saturated carbocycles. The molecule has 1 amide bonds. The zero-order valence-electron chi connectivity index (χ0n) is 20.4. The van der Waals surface area contributed by atoms with Gasteiger partial charge in [0.1, 0.15) is 11.6 Å². The molecule has 0 spiro atoms. The second-order valence-corrected chi connectivity index (χ2v) is 9.91. The molecule has 2 fully saturated rings. The van der Waals surface area contributed by atoms with Gasteiger partial charge in [-0.25, -0.2) is 9.97 Å². The summed E-state index contributed by atoms with van der Waals surface area (Å²) in [4.78, 5) is 21.8. The molecular weight excluding hydrogens is 454 g/mol. The third kappa shape index (κ3) is 5.08.